The smallest absolute Gasteiger partial charge is 0.246 e. The SMILES string of the molecule is COc1cccc(-c2noc(CNC(=O)CCCN(c3cccc(C)c3C)S(C)(=O)=O)n2)c1. The van der Waals surface area contributed by atoms with Gasteiger partial charge in [0.15, 0.2) is 0 Å². The van der Waals surface area contributed by atoms with Crippen LogP contribution in [0.25, 0.3) is 11.4 Å². The zero-order valence-electron chi connectivity index (χ0n) is 19.2. The lowest BCUT2D eigenvalue weighted by molar-refractivity contribution is -0.121. The molecule has 0 aliphatic rings. The molecule has 0 unspecified atom stereocenters. The van der Waals surface area contributed by atoms with Crippen molar-refractivity contribution in [2.75, 3.05) is 24.2 Å². The van der Waals surface area contributed by atoms with Crippen molar-refractivity contribution in [3.05, 3.63) is 59.5 Å². The van der Waals surface area contributed by atoms with Gasteiger partial charge in [-0.05, 0) is 49.6 Å². The summed E-state index contributed by atoms with van der Waals surface area (Å²) in [5, 5.41) is 6.67. The number of carbonyl (C=O) groups excluding carboxylic acids is 1. The topological polar surface area (TPSA) is 115 Å². The fourth-order valence-corrected chi connectivity index (χ4v) is 4.34. The number of ether oxygens (including phenoxy) is 1. The Morgan fingerprint density at radius 1 is 1.18 bits per heavy atom. The number of aryl methyl sites for hydroxylation is 1. The summed E-state index contributed by atoms with van der Waals surface area (Å²) in [5.41, 5.74) is 3.28. The second-order valence-electron chi connectivity index (χ2n) is 7.68. The third kappa shape index (κ3) is 6.32. The van der Waals surface area contributed by atoms with Crippen molar-refractivity contribution in [1.29, 1.82) is 0 Å². The molecule has 3 aromatic rings. The second-order valence-corrected chi connectivity index (χ2v) is 9.58. The van der Waals surface area contributed by atoms with Crippen LogP contribution in [-0.2, 0) is 21.4 Å². The highest BCUT2D eigenvalue weighted by molar-refractivity contribution is 7.92. The first-order valence-electron chi connectivity index (χ1n) is 10.5. The molecule has 1 N–H and O–H groups in total. The third-order valence-electron chi connectivity index (χ3n) is 5.24. The summed E-state index contributed by atoms with van der Waals surface area (Å²) in [6.45, 7) is 4.11. The molecule has 9 nitrogen and oxygen atoms in total. The maximum absolute atomic E-state index is 12.3. The molecular formula is C23H28N4O5S. The van der Waals surface area contributed by atoms with Crippen LogP contribution in [0.15, 0.2) is 47.0 Å². The summed E-state index contributed by atoms with van der Waals surface area (Å²) < 4.78 is 36.4. The van der Waals surface area contributed by atoms with Gasteiger partial charge in [0.05, 0.1) is 25.6 Å². The summed E-state index contributed by atoms with van der Waals surface area (Å²) >= 11 is 0. The van der Waals surface area contributed by atoms with Crippen LogP contribution >= 0.6 is 0 Å². The number of hydrogen-bond acceptors (Lipinski definition) is 7. The van der Waals surface area contributed by atoms with Gasteiger partial charge in [0.2, 0.25) is 27.6 Å². The first kappa shape index (κ1) is 24.2. The van der Waals surface area contributed by atoms with E-state index in [1.165, 1.54) is 10.6 Å². The Morgan fingerprint density at radius 2 is 1.94 bits per heavy atom. The van der Waals surface area contributed by atoms with E-state index in [0.717, 1.165) is 16.7 Å². The summed E-state index contributed by atoms with van der Waals surface area (Å²) in [6.07, 6.45) is 1.70. The number of methoxy groups -OCH3 is 1. The number of anilines is 1. The Hall–Kier alpha value is -3.40. The fourth-order valence-electron chi connectivity index (χ4n) is 3.32. The predicted molar refractivity (Wildman–Crippen MR) is 125 cm³/mol. The lowest BCUT2D eigenvalue weighted by atomic mass is 10.1. The van der Waals surface area contributed by atoms with E-state index in [1.807, 2.05) is 44.2 Å². The molecule has 176 valence electrons. The maximum atomic E-state index is 12.3. The molecular weight excluding hydrogens is 444 g/mol. The Morgan fingerprint density at radius 3 is 2.67 bits per heavy atom. The Labute approximate surface area is 193 Å². The van der Waals surface area contributed by atoms with Gasteiger partial charge in [-0.1, -0.05) is 29.4 Å². The first-order valence-corrected chi connectivity index (χ1v) is 12.3. The molecule has 0 atom stereocenters. The molecule has 1 amide bonds. The largest absolute Gasteiger partial charge is 0.497 e. The number of aromatic nitrogens is 2. The van der Waals surface area contributed by atoms with Gasteiger partial charge >= 0.3 is 0 Å². The predicted octanol–water partition coefficient (Wildman–Crippen LogP) is 3.22. The van der Waals surface area contributed by atoms with Crippen molar-refractivity contribution in [2.45, 2.75) is 33.2 Å². The van der Waals surface area contributed by atoms with Gasteiger partial charge in [-0.2, -0.15) is 4.98 Å². The Kier molecular flexibility index (Phi) is 7.70. The monoisotopic (exact) mass is 472 g/mol. The minimum atomic E-state index is -3.48. The molecule has 0 aliphatic carbocycles. The van der Waals surface area contributed by atoms with Gasteiger partial charge < -0.3 is 14.6 Å². The van der Waals surface area contributed by atoms with Crippen LogP contribution in [0.3, 0.4) is 0 Å². The normalized spacial score (nSPS) is 11.3. The molecule has 0 spiro atoms. The van der Waals surface area contributed by atoms with Crippen LogP contribution in [-0.4, -0.2) is 44.4 Å². The highest BCUT2D eigenvalue weighted by atomic mass is 32.2. The molecule has 0 fully saturated rings. The van der Waals surface area contributed by atoms with Crippen LogP contribution in [0.5, 0.6) is 5.75 Å². The Balaban J connectivity index is 1.54. The average molecular weight is 473 g/mol. The van der Waals surface area contributed by atoms with Crippen molar-refractivity contribution in [3.8, 4) is 17.1 Å². The minimum absolute atomic E-state index is 0.0859. The van der Waals surface area contributed by atoms with Gasteiger partial charge in [0, 0.05) is 18.5 Å². The number of amides is 1. The highest BCUT2D eigenvalue weighted by Gasteiger charge is 2.20. The molecule has 0 bridgehead atoms. The van der Waals surface area contributed by atoms with Gasteiger partial charge in [0.25, 0.3) is 0 Å². The molecule has 1 aromatic heterocycles. The van der Waals surface area contributed by atoms with E-state index < -0.39 is 10.0 Å². The van der Waals surface area contributed by atoms with Crippen molar-refractivity contribution >= 4 is 21.6 Å². The highest BCUT2D eigenvalue weighted by Crippen LogP contribution is 2.25. The first-order chi connectivity index (χ1) is 15.7. The van der Waals surface area contributed by atoms with Crippen molar-refractivity contribution < 1.29 is 22.5 Å². The molecule has 0 saturated carbocycles. The molecule has 0 radical (unpaired) electrons. The van der Waals surface area contributed by atoms with E-state index in [2.05, 4.69) is 15.5 Å². The number of rotatable bonds is 10. The lowest BCUT2D eigenvalue weighted by Gasteiger charge is -2.24. The maximum Gasteiger partial charge on any atom is 0.246 e. The van der Waals surface area contributed by atoms with E-state index >= 15 is 0 Å². The third-order valence-corrected chi connectivity index (χ3v) is 6.42. The lowest BCUT2D eigenvalue weighted by Crippen LogP contribution is -2.32. The van der Waals surface area contributed by atoms with Gasteiger partial charge in [-0.3, -0.25) is 9.10 Å². The fraction of sp³-hybridized carbons (Fsp3) is 0.348. The van der Waals surface area contributed by atoms with Crippen LogP contribution in [0.4, 0.5) is 5.69 Å². The van der Waals surface area contributed by atoms with E-state index in [0.29, 0.717) is 23.7 Å². The van der Waals surface area contributed by atoms with Crippen LogP contribution in [0.1, 0.15) is 29.9 Å². The van der Waals surface area contributed by atoms with Gasteiger partial charge in [-0.15, -0.1) is 0 Å². The quantitative estimate of drug-likeness (QED) is 0.482. The van der Waals surface area contributed by atoms with Crippen molar-refractivity contribution in [3.63, 3.8) is 0 Å². The average Bonchev–Trinajstić information content (AvgIpc) is 3.26. The molecule has 3 rings (SSSR count). The molecule has 0 saturated heterocycles. The summed E-state index contributed by atoms with van der Waals surface area (Å²) in [6, 6.07) is 12.8. The van der Waals surface area contributed by atoms with Gasteiger partial charge in [-0.25, -0.2) is 8.42 Å². The number of hydrogen-bond donors (Lipinski definition) is 1. The summed E-state index contributed by atoms with van der Waals surface area (Å²) in [7, 11) is -1.90. The van der Waals surface area contributed by atoms with E-state index in [4.69, 9.17) is 9.26 Å². The molecule has 2 aromatic carbocycles. The van der Waals surface area contributed by atoms with E-state index in [1.54, 1.807) is 19.2 Å². The van der Waals surface area contributed by atoms with Crippen LogP contribution in [0.2, 0.25) is 0 Å². The standard InChI is InChI=1S/C23H28N4O5S/c1-16-8-5-11-20(17(16)2)27(33(4,29)30)13-7-12-21(28)24-15-22-25-23(26-32-22)18-9-6-10-19(14-18)31-3/h5-6,8-11,14H,7,12-13,15H2,1-4H3,(H,24,28). The number of nitrogens with one attached hydrogen (secondary N) is 1. The Bertz CT molecular complexity index is 1220. The summed E-state index contributed by atoms with van der Waals surface area (Å²) in [5.74, 6) is 1.12. The molecule has 0 aliphatic heterocycles. The van der Waals surface area contributed by atoms with Crippen molar-refractivity contribution in [2.24, 2.45) is 0 Å². The number of sulfonamides is 1. The zero-order valence-corrected chi connectivity index (χ0v) is 20.0. The van der Waals surface area contributed by atoms with Gasteiger partial charge in [0.1, 0.15) is 5.75 Å². The molecule has 33 heavy (non-hydrogen) atoms. The van der Waals surface area contributed by atoms with Crippen molar-refractivity contribution in [1.82, 2.24) is 15.5 Å². The van der Waals surface area contributed by atoms with E-state index in [-0.39, 0.29) is 31.3 Å². The van der Waals surface area contributed by atoms with Crippen LogP contribution < -0.4 is 14.4 Å². The van der Waals surface area contributed by atoms with Crippen LogP contribution in [0, 0.1) is 13.8 Å². The molecule has 10 heteroatoms. The second kappa shape index (κ2) is 10.5. The minimum Gasteiger partial charge on any atom is -0.497 e. The number of nitrogens with zero attached hydrogens (tertiary/aromatic N) is 3. The van der Waals surface area contributed by atoms with E-state index in [9.17, 15) is 13.2 Å². The molecule has 1 heterocycles. The summed E-state index contributed by atoms with van der Waals surface area (Å²) in [4.78, 5) is 16.6. The number of benzene rings is 2. The number of carbonyl (C=O) groups is 1. The zero-order chi connectivity index (χ0) is 24.0.